The molecule has 0 aromatic rings. The van der Waals surface area contributed by atoms with Crippen LogP contribution < -0.4 is 10.6 Å². The minimum absolute atomic E-state index is 0.221. The Morgan fingerprint density at radius 2 is 1.88 bits per heavy atom. The minimum atomic E-state index is -0.999. The number of aliphatic carboxylic acids is 1. The summed E-state index contributed by atoms with van der Waals surface area (Å²) >= 11 is 0. The van der Waals surface area contributed by atoms with Crippen LogP contribution in [0.15, 0.2) is 0 Å². The van der Waals surface area contributed by atoms with Gasteiger partial charge in [0.1, 0.15) is 6.04 Å². The van der Waals surface area contributed by atoms with Crippen LogP contribution in [-0.4, -0.2) is 55.2 Å². The lowest BCUT2D eigenvalue weighted by Crippen LogP contribution is -2.47. The average Bonchev–Trinajstić information content (AvgIpc) is 2.15. The Kier molecular flexibility index (Phi) is 7.29. The van der Waals surface area contributed by atoms with E-state index in [0.29, 0.717) is 13.0 Å². The van der Waals surface area contributed by atoms with Gasteiger partial charge >= 0.3 is 12.0 Å². The van der Waals surface area contributed by atoms with Gasteiger partial charge in [0.2, 0.25) is 0 Å². The fourth-order valence-electron chi connectivity index (χ4n) is 1.30. The van der Waals surface area contributed by atoms with Crippen molar-refractivity contribution in [3.05, 3.63) is 0 Å². The summed E-state index contributed by atoms with van der Waals surface area (Å²) in [5.41, 5.74) is 0. The molecule has 0 bridgehead atoms. The van der Waals surface area contributed by atoms with Gasteiger partial charge in [-0.1, -0.05) is 13.8 Å². The second-order valence-electron chi connectivity index (χ2n) is 4.72. The third kappa shape index (κ3) is 8.50. The maximum atomic E-state index is 11.4. The van der Waals surface area contributed by atoms with Crippen LogP contribution in [0, 0.1) is 5.92 Å². The molecule has 0 rings (SSSR count). The van der Waals surface area contributed by atoms with Crippen LogP contribution in [0.5, 0.6) is 0 Å². The van der Waals surface area contributed by atoms with Crippen LogP contribution in [0.4, 0.5) is 4.79 Å². The fourth-order valence-corrected chi connectivity index (χ4v) is 1.30. The fraction of sp³-hybridized carbons (Fsp3) is 0.818. The number of carboxylic acids is 1. The summed E-state index contributed by atoms with van der Waals surface area (Å²) in [5, 5.41) is 14.0. The summed E-state index contributed by atoms with van der Waals surface area (Å²) in [6, 6.07) is -1.26. The van der Waals surface area contributed by atoms with Crippen molar-refractivity contribution < 1.29 is 14.7 Å². The molecule has 3 N–H and O–H groups in total. The van der Waals surface area contributed by atoms with Gasteiger partial charge in [-0.2, -0.15) is 0 Å². The lowest BCUT2D eigenvalue weighted by molar-refractivity contribution is -0.139. The van der Waals surface area contributed by atoms with E-state index >= 15 is 0 Å². The van der Waals surface area contributed by atoms with Crippen molar-refractivity contribution in [3.8, 4) is 0 Å². The highest BCUT2D eigenvalue weighted by molar-refractivity contribution is 5.82. The van der Waals surface area contributed by atoms with Gasteiger partial charge in [0, 0.05) is 13.1 Å². The second kappa shape index (κ2) is 7.89. The predicted molar refractivity (Wildman–Crippen MR) is 66.0 cm³/mol. The summed E-state index contributed by atoms with van der Waals surface area (Å²) in [6.45, 7) is 5.05. The molecule has 0 aliphatic rings. The summed E-state index contributed by atoms with van der Waals surface area (Å²) in [4.78, 5) is 24.3. The molecular weight excluding hydrogens is 222 g/mol. The number of carboxylic acid groups (broad SMARTS) is 1. The number of nitrogens with one attached hydrogen (secondary N) is 2. The zero-order valence-electron chi connectivity index (χ0n) is 11.0. The molecule has 100 valence electrons. The first-order chi connectivity index (χ1) is 7.82. The lowest BCUT2D eigenvalue weighted by Gasteiger charge is -2.17. The number of likely N-dealkylation sites (N-methyl/N-ethyl adjacent to an activating group) is 1. The normalized spacial score (nSPS) is 12.6. The van der Waals surface area contributed by atoms with Gasteiger partial charge < -0.3 is 20.6 Å². The van der Waals surface area contributed by atoms with Crippen LogP contribution in [0.1, 0.15) is 20.3 Å². The second-order valence-corrected chi connectivity index (χ2v) is 4.72. The van der Waals surface area contributed by atoms with Gasteiger partial charge in [0.25, 0.3) is 0 Å². The van der Waals surface area contributed by atoms with E-state index in [9.17, 15) is 9.59 Å². The Balaban J connectivity index is 4.00. The first-order valence-electron chi connectivity index (χ1n) is 5.74. The van der Waals surface area contributed by atoms with Crippen molar-refractivity contribution in [3.63, 3.8) is 0 Å². The van der Waals surface area contributed by atoms with E-state index < -0.39 is 18.0 Å². The van der Waals surface area contributed by atoms with Crippen molar-refractivity contribution >= 4 is 12.0 Å². The highest BCUT2D eigenvalue weighted by Gasteiger charge is 2.20. The summed E-state index contributed by atoms with van der Waals surface area (Å²) in [6.07, 6.45) is 0.427. The maximum absolute atomic E-state index is 11.4. The quantitative estimate of drug-likeness (QED) is 0.604. The van der Waals surface area contributed by atoms with E-state index in [-0.39, 0.29) is 5.92 Å². The van der Waals surface area contributed by atoms with E-state index in [2.05, 4.69) is 10.6 Å². The molecule has 0 aliphatic carbocycles. The number of nitrogens with zero attached hydrogens (tertiary/aromatic N) is 1. The first kappa shape index (κ1) is 15.7. The lowest BCUT2D eigenvalue weighted by atomic mass is 10.0. The molecule has 0 aliphatic heterocycles. The molecule has 0 heterocycles. The number of amides is 2. The van der Waals surface area contributed by atoms with Crippen molar-refractivity contribution in [2.45, 2.75) is 26.3 Å². The molecule has 6 heteroatoms. The maximum Gasteiger partial charge on any atom is 0.326 e. The SMILES string of the molecule is CC(C)C[C@@H](NC(=O)NCCN(C)C)C(=O)O. The Labute approximate surface area is 102 Å². The molecule has 0 fully saturated rings. The Bertz CT molecular complexity index is 254. The van der Waals surface area contributed by atoms with Crippen molar-refractivity contribution in [2.75, 3.05) is 27.2 Å². The molecule has 0 saturated heterocycles. The van der Waals surface area contributed by atoms with Crippen LogP contribution in [0.25, 0.3) is 0 Å². The summed E-state index contributed by atoms with van der Waals surface area (Å²) in [7, 11) is 3.80. The molecule has 1 atom stereocenters. The number of urea groups is 1. The highest BCUT2D eigenvalue weighted by atomic mass is 16.4. The number of hydrogen-bond acceptors (Lipinski definition) is 3. The number of hydrogen-bond donors (Lipinski definition) is 3. The molecule has 2 amide bonds. The van der Waals surface area contributed by atoms with Crippen LogP contribution in [0.3, 0.4) is 0 Å². The molecule has 0 radical (unpaired) electrons. The van der Waals surface area contributed by atoms with Crippen molar-refractivity contribution in [1.82, 2.24) is 15.5 Å². The predicted octanol–water partition coefficient (Wildman–Crippen LogP) is 0.347. The molecule has 0 saturated carbocycles. The zero-order valence-corrected chi connectivity index (χ0v) is 11.0. The van der Waals surface area contributed by atoms with Gasteiger partial charge in [-0.15, -0.1) is 0 Å². The molecule has 0 spiro atoms. The summed E-state index contributed by atoms with van der Waals surface area (Å²) in [5.74, 6) is -0.778. The highest BCUT2D eigenvalue weighted by Crippen LogP contribution is 2.04. The topological polar surface area (TPSA) is 81.7 Å². The average molecular weight is 245 g/mol. The summed E-state index contributed by atoms with van der Waals surface area (Å²) < 4.78 is 0. The molecule has 0 unspecified atom stereocenters. The Morgan fingerprint density at radius 3 is 2.29 bits per heavy atom. The standard InChI is InChI=1S/C11H23N3O3/c1-8(2)7-9(10(15)16)13-11(17)12-5-6-14(3)4/h8-9H,5-7H2,1-4H3,(H,15,16)(H2,12,13,17)/t9-/m1/s1. The molecule has 0 aromatic heterocycles. The van der Waals surface area contributed by atoms with Crippen molar-refractivity contribution in [1.29, 1.82) is 0 Å². The van der Waals surface area contributed by atoms with E-state index in [1.165, 1.54) is 0 Å². The van der Waals surface area contributed by atoms with E-state index in [1.807, 2.05) is 32.8 Å². The first-order valence-corrected chi connectivity index (χ1v) is 5.74. The van der Waals surface area contributed by atoms with Gasteiger partial charge in [0.15, 0.2) is 0 Å². The Hall–Kier alpha value is -1.30. The monoisotopic (exact) mass is 245 g/mol. The van der Waals surface area contributed by atoms with Gasteiger partial charge in [-0.3, -0.25) is 0 Å². The zero-order chi connectivity index (χ0) is 13.4. The van der Waals surface area contributed by atoms with Crippen LogP contribution in [0.2, 0.25) is 0 Å². The number of rotatable bonds is 7. The van der Waals surface area contributed by atoms with E-state index in [4.69, 9.17) is 5.11 Å². The molecule has 6 nitrogen and oxygen atoms in total. The minimum Gasteiger partial charge on any atom is -0.480 e. The van der Waals surface area contributed by atoms with Gasteiger partial charge in [-0.25, -0.2) is 9.59 Å². The molecular formula is C11H23N3O3. The smallest absolute Gasteiger partial charge is 0.326 e. The van der Waals surface area contributed by atoms with E-state index in [0.717, 1.165) is 6.54 Å². The number of carbonyl (C=O) groups is 2. The van der Waals surface area contributed by atoms with E-state index in [1.54, 1.807) is 0 Å². The van der Waals surface area contributed by atoms with Gasteiger partial charge in [-0.05, 0) is 26.4 Å². The molecule has 0 aromatic carbocycles. The Morgan fingerprint density at radius 1 is 1.29 bits per heavy atom. The largest absolute Gasteiger partial charge is 0.480 e. The molecule has 17 heavy (non-hydrogen) atoms. The van der Waals surface area contributed by atoms with Crippen molar-refractivity contribution in [2.24, 2.45) is 5.92 Å². The third-order valence-corrected chi connectivity index (χ3v) is 2.16. The van der Waals surface area contributed by atoms with Gasteiger partial charge in [0.05, 0.1) is 0 Å². The van der Waals surface area contributed by atoms with Crippen LogP contribution >= 0.6 is 0 Å². The van der Waals surface area contributed by atoms with Crippen LogP contribution in [-0.2, 0) is 4.79 Å². The third-order valence-electron chi connectivity index (χ3n) is 2.16. The number of carbonyl (C=O) groups excluding carboxylic acids is 1.